The van der Waals surface area contributed by atoms with Gasteiger partial charge in [0.05, 0.1) is 16.6 Å². The molecule has 0 saturated carbocycles. The number of nitrogen functional groups attached to an aromatic ring is 1. The minimum Gasteiger partial charge on any atom is -0.398 e. The van der Waals surface area contributed by atoms with Gasteiger partial charge in [-0.05, 0) is 12.1 Å². The topological polar surface area (TPSA) is 132 Å². The third kappa shape index (κ3) is 1.84. The molecule has 0 aliphatic carbocycles. The monoisotopic (exact) mass is 291 g/mol. The minimum absolute atomic E-state index is 0.469. The summed E-state index contributed by atoms with van der Waals surface area (Å²) in [5.74, 6) is 0.967. The Morgan fingerprint density at radius 2 is 1.45 bits per heavy atom. The first kappa shape index (κ1) is 12.3. The van der Waals surface area contributed by atoms with Gasteiger partial charge in [-0.15, -0.1) is 0 Å². The van der Waals surface area contributed by atoms with Crippen molar-refractivity contribution in [3.05, 3.63) is 37.4 Å². The molecule has 9 nitrogen and oxygen atoms in total. The number of H-pyrrole nitrogens is 1. The van der Waals surface area contributed by atoms with Crippen molar-refractivity contribution >= 4 is 16.6 Å². The van der Waals surface area contributed by atoms with Crippen LogP contribution in [0.5, 0.6) is 0 Å². The maximum absolute atomic E-state index is 6.30. The van der Waals surface area contributed by atoms with Gasteiger partial charge >= 0.3 is 0 Å². The summed E-state index contributed by atoms with van der Waals surface area (Å²) in [7, 11) is 0. The highest BCUT2D eigenvalue weighted by atomic mass is 15.1. The van der Waals surface area contributed by atoms with E-state index in [4.69, 9.17) is 5.73 Å². The zero-order chi connectivity index (χ0) is 14.9. The number of hydrogen-bond donors (Lipinski definition) is 2. The molecule has 0 spiro atoms. The highest BCUT2D eigenvalue weighted by molar-refractivity contribution is 6.04. The van der Waals surface area contributed by atoms with E-state index in [0.717, 1.165) is 5.39 Å². The zero-order valence-electron chi connectivity index (χ0n) is 11.2. The van der Waals surface area contributed by atoms with E-state index in [0.29, 0.717) is 34.1 Å². The third-order valence-corrected chi connectivity index (χ3v) is 3.21. The molecule has 4 rings (SSSR count). The summed E-state index contributed by atoms with van der Waals surface area (Å²) in [4.78, 5) is 24.1. The second-order valence-electron chi connectivity index (χ2n) is 4.44. The maximum Gasteiger partial charge on any atom is 0.181 e. The van der Waals surface area contributed by atoms with Crippen LogP contribution in [0.3, 0.4) is 0 Å². The number of rotatable bonds is 2. The first-order chi connectivity index (χ1) is 10.8. The fourth-order valence-electron chi connectivity index (χ4n) is 2.24. The van der Waals surface area contributed by atoms with Crippen LogP contribution in [-0.2, 0) is 0 Å². The number of nitrogens with one attached hydrogen (secondary N) is 1. The van der Waals surface area contributed by atoms with E-state index in [2.05, 4.69) is 40.1 Å². The van der Waals surface area contributed by atoms with Crippen molar-refractivity contribution in [2.24, 2.45) is 0 Å². The van der Waals surface area contributed by atoms with Crippen LogP contribution < -0.4 is 5.73 Å². The predicted molar refractivity (Wildman–Crippen MR) is 78.1 cm³/mol. The van der Waals surface area contributed by atoms with Crippen molar-refractivity contribution in [2.45, 2.75) is 0 Å². The van der Waals surface area contributed by atoms with Gasteiger partial charge in [0.2, 0.25) is 0 Å². The van der Waals surface area contributed by atoms with Gasteiger partial charge in [-0.25, -0.2) is 29.9 Å². The van der Waals surface area contributed by atoms with Gasteiger partial charge in [-0.2, -0.15) is 5.10 Å². The number of fused-ring (bicyclic) bond motifs is 1. The van der Waals surface area contributed by atoms with Gasteiger partial charge in [0.15, 0.2) is 11.6 Å². The summed E-state index contributed by atoms with van der Waals surface area (Å²) in [5.41, 5.74) is 8.85. The molecule has 0 fully saturated rings. The van der Waals surface area contributed by atoms with E-state index in [1.165, 1.54) is 25.3 Å². The Hall–Kier alpha value is -3.49. The molecule has 0 atom stereocenters. The lowest BCUT2D eigenvalue weighted by Crippen LogP contribution is -1.97. The minimum atomic E-state index is 0.469. The maximum atomic E-state index is 6.30. The summed E-state index contributed by atoms with van der Waals surface area (Å²) in [6, 6.07) is 3.66. The molecule has 0 amide bonds. The Morgan fingerprint density at radius 1 is 0.818 bits per heavy atom. The number of aromatic nitrogens is 8. The van der Waals surface area contributed by atoms with Crippen LogP contribution in [-0.4, -0.2) is 40.1 Å². The predicted octanol–water partition coefficient (Wildman–Crippen LogP) is 0.849. The highest BCUT2D eigenvalue weighted by Crippen LogP contribution is 2.34. The van der Waals surface area contributed by atoms with E-state index in [1.807, 2.05) is 12.1 Å². The van der Waals surface area contributed by atoms with Crippen molar-refractivity contribution in [3.63, 3.8) is 0 Å². The van der Waals surface area contributed by atoms with Crippen LogP contribution in [0.4, 0.5) is 5.69 Å². The van der Waals surface area contributed by atoms with Crippen LogP contribution in [0.15, 0.2) is 37.4 Å². The normalized spacial score (nSPS) is 10.9. The Balaban J connectivity index is 1.99. The van der Waals surface area contributed by atoms with E-state index in [-0.39, 0.29) is 0 Å². The standard InChI is InChI=1S/C13H9N9/c14-10-7(12-17-3-15-4-18-12)1-2-8-9(10)11(22-21-8)13-19-5-16-6-20-13/h1-6H,14H2,(H,21,22). The van der Waals surface area contributed by atoms with Crippen molar-refractivity contribution < 1.29 is 0 Å². The van der Waals surface area contributed by atoms with E-state index in [1.54, 1.807) is 0 Å². The molecule has 22 heavy (non-hydrogen) atoms. The first-order valence-electron chi connectivity index (χ1n) is 6.36. The molecule has 4 aromatic rings. The lowest BCUT2D eigenvalue weighted by molar-refractivity contribution is 1.03. The summed E-state index contributed by atoms with van der Waals surface area (Å²) in [5, 5.41) is 7.87. The molecule has 3 N–H and O–H groups in total. The van der Waals surface area contributed by atoms with E-state index >= 15 is 0 Å². The molecule has 106 valence electrons. The molecule has 9 heteroatoms. The van der Waals surface area contributed by atoms with Crippen LogP contribution in [0.2, 0.25) is 0 Å². The van der Waals surface area contributed by atoms with Crippen molar-refractivity contribution in [3.8, 4) is 22.9 Å². The average Bonchev–Trinajstić information content (AvgIpc) is 3.02. The van der Waals surface area contributed by atoms with Crippen LogP contribution in [0.25, 0.3) is 33.8 Å². The summed E-state index contributed by atoms with van der Waals surface area (Å²) < 4.78 is 0. The fraction of sp³-hybridized carbons (Fsp3) is 0. The van der Waals surface area contributed by atoms with Gasteiger partial charge in [0.1, 0.15) is 31.0 Å². The molecule has 0 bridgehead atoms. The molecule has 0 unspecified atom stereocenters. The SMILES string of the molecule is Nc1c(-c2ncncn2)ccc2n[nH]c(-c3ncncn3)c12. The van der Waals surface area contributed by atoms with Crippen LogP contribution in [0.1, 0.15) is 0 Å². The second kappa shape index (κ2) is 4.81. The van der Waals surface area contributed by atoms with Gasteiger partial charge in [0.25, 0.3) is 0 Å². The van der Waals surface area contributed by atoms with Gasteiger partial charge in [-0.1, -0.05) is 0 Å². The van der Waals surface area contributed by atoms with E-state index < -0.39 is 0 Å². The number of benzene rings is 1. The van der Waals surface area contributed by atoms with Gasteiger partial charge in [-0.3, -0.25) is 5.10 Å². The third-order valence-electron chi connectivity index (χ3n) is 3.21. The molecule has 0 aliphatic rings. The zero-order valence-corrected chi connectivity index (χ0v) is 11.2. The molecule has 1 aromatic carbocycles. The Labute approximate surface area is 123 Å². The lowest BCUT2D eigenvalue weighted by Gasteiger charge is -2.05. The van der Waals surface area contributed by atoms with Gasteiger partial charge < -0.3 is 5.73 Å². The molecular weight excluding hydrogens is 282 g/mol. The summed E-state index contributed by atoms with van der Waals surface area (Å²) >= 11 is 0. The largest absolute Gasteiger partial charge is 0.398 e. The highest BCUT2D eigenvalue weighted by Gasteiger charge is 2.17. The van der Waals surface area contributed by atoms with E-state index in [9.17, 15) is 0 Å². The lowest BCUT2D eigenvalue weighted by atomic mass is 10.1. The summed E-state index contributed by atoms with van der Waals surface area (Å²) in [6.45, 7) is 0. The summed E-state index contributed by atoms with van der Waals surface area (Å²) in [6.07, 6.45) is 5.69. The molecular formula is C13H9N9. The Morgan fingerprint density at radius 3 is 2.14 bits per heavy atom. The number of hydrogen-bond acceptors (Lipinski definition) is 8. The number of nitrogens with two attached hydrogens (primary N) is 1. The number of anilines is 1. The van der Waals surface area contributed by atoms with Crippen LogP contribution >= 0.6 is 0 Å². The fourth-order valence-corrected chi connectivity index (χ4v) is 2.24. The molecule has 0 saturated heterocycles. The first-order valence-corrected chi connectivity index (χ1v) is 6.36. The average molecular weight is 291 g/mol. The Bertz CT molecular complexity index is 934. The molecule has 0 aliphatic heterocycles. The molecule has 3 aromatic heterocycles. The van der Waals surface area contributed by atoms with Gasteiger partial charge in [0, 0.05) is 5.56 Å². The smallest absolute Gasteiger partial charge is 0.181 e. The molecule has 3 heterocycles. The Kier molecular flexibility index (Phi) is 2.68. The number of nitrogens with zero attached hydrogens (tertiary/aromatic N) is 7. The number of aromatic amines is 1. The van der Waals surface area contributed by atoms with Crippen molar-refractivity contribution in [2.75, 3.05) is 5.73 Å². The second-order valence-corrected chi connectivity index (χ2v) is 4.44. The van der Waals surface area contributed by atoms with Crippen molar-refractivity contribution in [1.29, 1.82) is 0 Å². The quantitative estimate of drug-likeness (QED) is 0.519. The van der Waals surface area contributed by atoms with Crippen molar-refractivity contribution in [1.82, 2.24) is 40.1 Å². The molecule has 0 radical (unpaired) electrons. The van der Waals surface area contributed by atoms with Crippen LogP contribution in [0, 0.1) is 0 Å².